The highest BCUT2D eigenvalue weighted by Crippen LogP contribution is 2.31. The number of hydrogen-bond acceptors (Lipinski definition) is 5. The maximum absolute atomic E-state index is 12.2. The number of para-hydroxylation sites is 1. The molecule has 1 atom stereocenters. The summed E-state index contributed by atoms with van der Waals surface area (Å²) in [6.45, 7) is 2.04. The van der Waals surface area contributed by atoms with Gasteiger partial charge < -0.3 is 14.8 Å². The zero-order valence-electron chi connectivity index (χ0n) is 12.8. The Labute approximate surface area is 138 Å². The highest BCUT2D eigenvalue weighted by Gasteiger charge is 2.16. The molecule has 2 N–H and O–H groups in total. The van der Waals surface area contributed by atoms with Crippen LogP contribution in [0.15, 0.2) is 40.8 Å². The maximum Gasteiger partial charge on any atom is 0.287 e. The van der Waals surface area contributed by atoms with Gasteiger partial charge in [-0.2, -0.15) is 0 Å². The minimum absolute atomic E-state index is 0.00866. The molecule has 23 heavy (non-hydrogen) atoms. The second-order valence-corrected chi connectivity index (χ2v) is 6.42. The molecule has 0 aliphatic carbocycles. The largest absolute Gasteiger partial charge is 0.448 e. The average Bonchev–Trinajstić information content (AvgIpc) is 3.19. The first-order chi connectivity index (χ1) is 11.2. The highest BCUT2D eigenvalue weighted by molar-refractivity contribution is 7.21. The molecule has 2 heterocycles. The van der Waals surface area contributed by atoms with Crippen LogP contribution in [-0.4, -0.2) is 28.6 Å². The summed E-state index contributed by atoms with van der Waals surface area (Å²) in [5, 5.41) is 12.4. The number of benzene rings is 1. The van der Waals surface area contributed by atoms with Gasteiger partial charge in [-0.1, -0.05) is 12.1 Å². The Morgan fingerprint density at radius 3 is 2.96 bits per heavy atom. The predicted molar refractivity (Wildman–Crippen MR) is 90.6 cm³/mol. The lowest BCUT2D eigenvalue weighted by Gasteiger charge is -2.11. The number of aromatic nitrogens is 1. The van der Waals surface area contributed by atoms with Gasteiger partial charge in [-0.15, -0.1) is 11.3 Å². The first-order valence-electron chi connectivity index (χ1n) is 7.55. The van der Waals surface area contributed by atoms with Crippen LogP contribution in [0.5, 0.6) is 0 Å². The van der Waals surface area contributed by atoms with Crippen molar-refractivity contribution >= 4 is 27.5 Å². The van der Waals surface area contributed by atoms with E-state index in [1.807, 2.05) is 31.2 Å². The topological polar surface area (TPSA) is 75.4 Å². The van der Waals surface area contributed by atoms with Crippen molar-refractivity contribution in [2.75, 3.05) is 6.61 Å². The van der Waals surface area contributed by atoms with Gasteiger partial charge in [0.15, 0.2) is 16.5 Å². The lowest BCUT2D eigenvalue weighted by molar-refractivity contribution is 0.0909. The number of carbonyl (C=O) groups excluding carboxylic acids is 1. The van der Waals surface area contributed by atoms with Crippen LogP contribution in [0.4, 0.5) is 0 Å². The Bertz CT molecular complexity index is 776. The second kappa shape index (κ2) is 6.93. The first-order valence-corrected chi connectivity index (χ1v) is 8.36. The van der Waals surface area contributed by atoms with Crippen LogP contribution in [0, 0.1) is 0 Å². The molecule has 1 unspecified atom stereocenters. The number of thiazole rings is 1. The van der Waals surface area contributed by atoms with E-state index in [4.69, 9.17) is 9.52 Å². The number of aliphatic hydroxyl groups excluding tert-OH is 1. The molecule has 0 radical (unpaired) electrons. The molecular weight excluding hydrogens is 312 g/mol. The summed E-state index contributed by atoms with van der Waals surface area (Å²) >= 11 is 1.54. The molecule has 0 aliphatic heterocycles. The summed E-state index contributed by atoms with van der Waals surface area (Å²) in [5.74, 6) is 0.622. The highest BCUT2D eigenvalue weighted by atomic mass is 32.1. The van der Waals surface area contributed by atoms with Crippen LogP contribution in [0.3, 0.4) is 0 Å². The fourth-order valence-corrected chi connectivity index (χ4v) is 3.24. The van der Waals surface area contributed by atoms with Crippen LogP contribution in [-0.2, 0) is 0 Å². The normalized spacial score (nSPS) is 12.4. The van der Waals surface area contributed by atoms with E-state index in [1.165, 1.54) is 11.3 Å². The number of nitrogens with one attached hydrogen (secondary N) is 1. The van der Waals surface area contributed by atoms with Gasteiger partial charge in [0, 0.05) is 12.6 Å². The summed E-state index contributed by atoms with van der Waals surface area (Å²) in [6.07, 6.45) is 1.39. The summed E-state index contributed by atoms with van der Waals surface area (Å²) in [5.41, 5.74) is 0.924. The summed E-state index contributed by atoms with van der Waals surface area (Å²) in [4.78, 5) is 16.7. The van der Waals surface area contributed by atoms with Gasteiger partial charge in [-0.3, -0.25) is 4.79 Å². The quantitative estimate of drug-likeness (QED) is 0.726. The Hall–Kier alpha value is -2.18. The molecule has 1 amide bonds. The van der Waals surface area contributed by atoms with E-state index >= 15 is 0 Å². The smallest absolute Gasteiger partial charge is 0.287 e. The van der Waals surface area contributed by atoms with Crippen molar-refractivity contribution in [3.8, 4) is 10.8 Å². The number of furan rings is 1. The SMILES string of the molecule is CC(CCCO)NC(=O)c1ccc(-c2nc3ccccc3s2)o1. The van der Waals surface area contributed by atoms with Crippen LogP contribution in [0.25, 0.3) is 21.0 Å². The number of carbonyl (C=O) groups is 1. The third kappa shape index (κ3) is 3.60. The maximum atomic E-state index is 12.2. The monoisotopic (exact) mass is 330 g/mol. The number of nitrogens with zero attached hydrogens (tertiary/aromatic N) is 1. The summed E-state index contributed by atoms with van der Waals surface area (Å²) in [6, 6.07) is 11.3. The zero-order valence-corrected chi connectivity index (χ0v) is 13.6. The van der Waals surface area contributed by atoms with Crippen molar-refractivity contribution in [2.45, 2.75) is 25.8 Å². The fraction of sp³-hybridized carbons (Fsp3) is 0.294. The number of rotatable bonds is 6. The van der Waals surface area contributed by atoms with E-state index < -0.39 is 0 Å². The molecule has 0 saturated heterocycles. The lowest BCUT2D eigenvalue weighted by atomic mass is 10.2. The van der Waals surface area contributed by atoms with Crippen LogP contribution < -0.4 is 5.32 Å². The Morgan fingerprint density at radius 1 is 1.35 bits per heavy atom. The van der Waals surface area contributed by atoms with Gasteiger partial charge in [0.25, 0.3) is 5.91 Å². The van der Waals surface area contributed by atoms with Crippen LogP contribution >= 0.6 is 11.3 Å². The van der Waals surface area contributed by atoms with E-state index in [1.54, 1.807) is 12.1 Å². The number of hydrogen-bond donors (Lipinski definition) is 2. The van der Waals surface area contributed by atoms with E-state index in [-0.39, 0.29) is 24.3 Å². The molecule has 0 spiro atoms. The Kier molecular flexibility index (Phi) is 4.73. The number of aliphatic hydroxyl groups is 1. The van der Waals surface area contributed by atoms with Gasteiger partial charge in [0.05, 0.1) is 10.2 Å². The fourth-order valence-electron chi connectivity index (χ4n) is 2.32. The van der Waals surface area contributed by atoms with Crippen molar-refractivity contribution in [1.82, 2.24) is 10.3 Å². The third-order valence-electron chi connectivity index (χ3n) is 3.51. The summed E-state index contributed by atoms with van der Waals surface area (Å²) in [7, 11) is 0. The molecular formula is C17H18N2O3S. The first kappa shape index (κ1) is 15.7. The van der Waals surface area contributed by atoms with E-state index in [0.717, 1.165) is 21.6 Å². The molecule has 0 fully saturated rings. The molecule has 0 bridgehead atoms. The molecule has 120 valence electrons. The molecule has 0 aliphatic rings. The van der Waals surface area contributed by atoms with Gasteiger partial charge in [-0.05, 0) is 44.0 Å². The standard InChI is InChI=1S/C17H18N2O3S/c1-11(5-4-10-20)18-16(21)13-8-9-14(22-13)17-19-12-6-2-3-7-15(12)23-17/h2-3,6-9,11,20H,4-5,10H2,1H3,(H,18,21). The third-order valence-corrected chi connectivity index (χ3v) is 4.56. The predicted octanol–water partition coefficient (Wildman–Crippen LogP) is 3.45. The van der Waals surface area contributed by atoms with Gasteiger partial charge in [-0.25, -0.2) is 4.98 Å². The molecule has 3 aromatic rings. The van der Waals surface area contributed by atoms with Crippen LogP contribution in [0.2, 0.25) is 0 Å². The number of fused-ring (bicyclic) bond motifs is 1. The van der Waals surface area contributed by atoms with Crippen molar-refractivity contribution < 1.29 is 14.3 Å². The number of amides is 1. The minimum Gasteiger partial charge on any atom is -0.448 e. The Balaban J connectivity index is 1.73. The van der Waals surface area contributed by atoms with E-state index in [0.29, 0.717) is 12.2 Å². The lowest BCUT2D eigenvalue weighted by Crippen LogP contribution is -2.32. The second-order valence-electron chi connectivity index (χ2n) is 5.39. The van der Waals surface area contributed by atoms with Crippen molar-refractivity contribution in [3.05, 3.63) is 42.2 Å². The van der Waals surface area contributed by atoms with Crippen molar-refractivity contribution in [1.29, 1.82) is 0 Å². The molecule has 5 nitrogen and oxygen atoms in total. The van der Waals surface area contributed by atoms with Gasteiger partial charge in [0.2, 0.25) is 0 Å². The molecule has 1 aromatic carbocycles. The van der Waals surface area contributed by atoms with Crippen molar-refractivity contribution in [3.63, 3.8) is 0 Å². The van der Waals surface area contributed by atoms with E-state index in [9.17, 15) is 4.79 Å². The zero-order chi connectivity index (χ0) is 16.2. The van der Waals surface area contributed by atoms with Gasteiger partial charge >= 0.3 is 0 Å². The van der Waals surface area contributed by atoms with Crippen molar-refractivity contribution in [2.24, 2.45) is 0 Å². The molecule has 0 saturated carbocycles. The van der Waals surface area contributed by atoms with Gasteiger partial charge in [0.1, 0.15) is 0 Å². The van der Waals surface area contributed by atoms with E-state index in [2.05, 4.69) is 10.3 Å². The summed E-state index contributed by atoms with van der Waals surface area (Å²) < 4.78 is 6.74. The molecule has 2 aromatic heterocycles. The Morgan fingerprint density at radius 2 is 2.17 bits per heavy atom. The molecule has 6 heteroatoms. The molecule has 3 rings (SSSR count). The average molecular weight is 330 g/mol. The minimum atomic E-state index is -0.247. The van der Waals surface area contributed by atoms with Crippen LogP contribution in [0.1, 0.15) is 30.3 Å².